The first kappa shape index (κ1) is 19.1. The molecule has 0 N–H and O–H groups in total. The molecule has 2 fully saturated rings. The quantitative estimate of drug-likeness (QED) is 0.562. The number of esters is 1. The van der Waals surface area contributed by atoms with E-state index >= 15 is 0 Å². The number of piperidine rings is 1. The van der Waals surface area contributed by atoms with Crippen molar-refractivity contribution in [2.75, 3.05) is 26.8 Å². The van der Waals surface area contributed by atoms with Gasteiger partial charge in [0, 0.05) is 30.9 Å². The van der Waals surface area contributed by atoms with Crippen LogP contribution < -0.4 is 0 Å². The van der Waals surface area contributed by atoms with Gasteiger partial charge in [-0.25, -0.2) is 5.06 Å². The molecule has 1 aromatic rings. The Morgan fingerprint density at radius 2 is 2.19 bits per heavy atom. The van der Waals surface area contributed by atoms with Crippen molar-refractivity contribution >= 4 is 23.2 Å². The van der Waals surface area contributed by atoms with E-state index in [4.69, 9.17) is 9.57 Å². The number of nitrogens with zero attached hydrogens (tertiary/aromatic N) is 2. The summed E-state index contributed by atoms with van der Waals surface area (Å²) in [5.74, 6) is -0.953. The van der Waals surface area contributed by atoms with Gasteiger partial charge in [-0.05, 0) is 36.8 Å². The highest BCUT2D eigenvalue weighted by molar-refractivity contribution is 7.10. The summed E-state index contributed by atoms with van der Waals surface area (Å²) in [6.45, 7) is 8.56. The Bertz CT molecular complexity index is 679. The Hall–Kier alpha value is -1.70. The zero-order valence-electron chi connectivity index (χ0n) is 15.4. The van der Waals surface area contributed by atoms with Gasteiger partial charge < -0.3 is 4.74 Å². The molecule has 0 radical (unpaired) electrons. The second-order valence-corrected chi connectivity index (χ2v) is 7.96. The highest BCUT2D eigenvalue weighted by Gasteiger charge is 2.58. The lowest BCUT2D eigenvalue weighted by Gasteiger charge is -2.45. The van der Waals surface area contributed by atoms with Crippen LogP contribution in [-0.2, 0) is 25.7 Å². The summed E-state index contributed by atoms with van der Waals surface area (Å²) in [6.07, 6.45) is 3.15. The molecule has 0 aliphatic carbocycles. The van der Waals surface area contributed by atoms with E-state index in [1.807, 2.05) is 0 Å². The first-order chi connectivity index (χ1) is 12.5. The molecular formula is C19H26N2O4S. The Morgan fingerprint density at radius 3 is 2.77 bits per heavy atom. The predicted molar refractivity (Wildman–Crippen MR) is 99.4 cm³/mol. The van der Waals surface area contributed by atoms with Gasteiger partial charge in [0.25, 0.3) is 0 Å². The summed E-state index contributed by atoms with van der Waals surface area (Å²) in [4.78, 5) is 34.3. The summed E-state index contributed by atoms with van der Waals surface area (Å²) in [5.41, 5.74) is 0.698. The summed E-state index contributed by atoms with van der Waals surface area (Å²) in [5, 5.41) is 3.56. The zero-order chi connectivity index (χ0) is 18.7. The summed E-state index contributed by atoms with van der Waals surface area (Å²) >= 11 is 1.77. The molecule has 0 bridgehead atoms. The molecule has 1 spiro atoms. The number of hydroxylamine groups is 2. The van der Waals surface area contributed by atoms with Gasteiger partial charge in [-0.15, -0.1) is 17.9 Å². The number of likely N-dealkylation sites (tertiary alicyclic amines) is 1. The molecule has 3 heterocycles. The van der Waals surface area contributed by atoms with Crippen molar-refractivity contribution in [1.82, 2.24) is 9.96 Å². The Labute approximate surface area is 158 Å². The van der Waals surface area contributed by atoms with Crippen LogP contribution in [0.5, 0.6) is 0 Å². The maximum atomic E-state index is 12.5. The Morgan fingerprint density at radius 1 is 1.46 bits per heavy atom. The van der Waals surface area contributed by atoms with E-state index in [9.17, 15) is 9.59 Å². The number of thiophene rings is 1. The minimum absolute atomic E-state index is 0.147. The first-order valence-corrected chi connectivity index (χ1v) is 9.80. The fourth-order valence-corrected chi connectivity index (χ4v) is 4.98. The lowest BCUT2D eigenvalue weighted by molar-refractivity contribution is -0.218. The summed E-state index contributed by atoms with van der Waals surface area (Å²) in [6, 6.07) is 2.14. The molecule has 142 valence electrons. The van der Waals surface area contributed by atoms with E-state index in [1.165, 1.54) is 22.6 Å². The third-order valence-electron chi connectivity index (χ3n) is 5.52. The van der Waals surface area contributed by atoms with Crippen molar-refractivity contribution < 1.29 is 19.2 Å². The predicted octanol–water partition coefficient (Wildman–Crippen LogP) is 2.53. The average molecular weight is 378 g/mol. The van der Waals surface area contributed by atoms with Gasteiger partial charge in [0.1, 0.15) is 0 Å². The maximum Gasteiger partial charge on any atom is 0.311 e. The van der Waals surface area contributed by atoms with Crippen LogP contribution in [0.25, 0.3) is 0 Å². The molecular weight excluding hydrogens is 352 g/mol. The number of methoxy groups -OCH3 is 1. The zero-order valence-corrected chi connectivity index (χ0v) is 16.2. The highest BCUT2D eigenvalue weighted by Crippen LogP contribution is 2.44. The van der Waals surface area contributed by atoms with Crippen LogP contribution in [0, 0.1) is 12.8 Å². The number of carbonyl (C=O) groups excluding carboxylic acids is 2. The molecule has 0 unspecified atom stereocenters. The number of hydrogen-bond acceptors (Lipinski definition) is 6. The molecule has 2 saturated heterocycles. The minimum atomic E-state index is -0.617. The second-order valence-electron chi connectivity index (χ2n) is 6.96. The van der Waals surface area contributed by atoms with Crippen molar-refractivity contribution in [3.63, 3.8) is 0 Å². The van der Waals surface area contributed by atoms with E-state index in [0.29, 0.717) is 12.8 Å². The number of rotatable bonds is 6. The van der Waals surface area contributed by atoms with Crippen LogP contribution in [0.2, 0.25) is 0 Å². The van der Waals surface area contributed by atoms with Crippen molar-refractivity contribution in [2.24, 2.45) is 5.92 Å². The molecule has 3 rings (SSSR count). The molecule has 26 heavy (non-hydrogen) atoms. The molecule has 7 heteroatoms. The topological polar surface area (TPSA) is 59.1 Å². The van der Waals surface area contributed by atoms with Gasteiger partial charge >= 0.3 is 5.97 Å². The SMILES string of the molecule is C=CCON1C(=O)C[C@@H](C(=O)OC)C12CCN(Cc1sccc1C)CC2. The van der Waals surface area contributed by atoms with E-state index in [2.05, 4.69) is 29.8 Å². The van der Waals surface area contributed by atoms with Gasteiger partial charge in [-0.3, -0.25) is 19.3 Å². The summed E-state index contributed by atoms with van der Waals surface area (Å²) < 4.78 is 4.99. The van der Waals surface area contributed by atoms with Crippen LogP contribution in [0.4, 0.5) is 0 Å². The number of aryl methyl sites for hydroxylation is 1. The van der Waals surface area contributed by atoms with Gasteiger partial charge in [0.15, 0.2) is 0 Å². The third-order valence-corrected chi connectivity index (χ3v) is 6.53. The minimum Gasteiger partial charge on any atom is -0.469 e. The van der Waals surface area contributed by atoms with E-state index in [-0.39, 0.29) is 24.9 Å². The normalized spacial score (nSPS) is 22.8. The van der Waals surface area contributed by atoms with Crippen LogP contribution in [0.3, 0.4) is 0 Å². The average Bonchev–Trinajstić information content (AvgIpc) is 3.16. The monoisotopic (exact) mass is 378 g/mol. The second kappa shape index (κ2) is 7.90. The Kier molecular flexibility index (Phi) is 5.79. The Balaban J connectivity index is 1.76. The van der Waals surface area contributed by atoms with Gasteiger partial charge in [0.05, 0.1) is 25.2 Å². The number of amides is 1. The van der Waals surface area contributed by atoms with Crippen LogP contribution in [0.15, 0.2) is 24.1 Å². The van der Waals surface area contributed by atoms with Gasteiger partial charge in [0.2, 0.25) is 5.91 Å². The van der Waals surface area contributed by atoms with Crippen molar-refractivity contribution in [3.05, 3.63) is 34.5 Å². The molecule has 2 aliphatic rings. The molecule has 2 aliphatic heterocycles. The fraction of sp³-hybridized carbons (Fsp3) is 0.579. The van der Waals surface area contributed by atoms with Crippen LogP contribution in [0.1, 0.15) is 29.7 Å². The molecule has 0 aromatic carbocycles. The fourth-order valence-electron chi connectivity index (χ4n) is 4.03. The van der Waals surface area contributed by atoms with Crippen molar-refractivity contribution in [3.8, 4) is 0 Å². The number of hydrogen-bond donors (Lipinski definition) is 0. The standard InChI is InChI=1S/C19H26N2O4S/c1-4-10-25-21-17(22)12-15(18(23)24-3)19(21)6-8-20(9-7-19)13-16-14(2)5-11-26-16/h4-5,11,15H,1,6-10,12-13H2,2-3H3/t15-/m0/s1. The smallest absolute Gasteiger partial charge is 0.311 e. The summed E-state index contributed by atoms with van der Waals surface area (Å²) in [7, 11) is 1.38. The van der Waals surface area contributed by atoms with Crippen molar-refractivity contribution in [1.29, 1.82) is 0 Å². The lowest BCUT2D eigenvalue weighted by atomic mass is 9.77. The first-order valence-electron chi connectivity index (χ1n) is 8.92. The van der Waals surface area contributed by atoms with Crippen LogP contribution in [-0.4, -0.2) is 54.2 Å². The maximum absolute atomic E-state index is 12.5. The highest BCUT2D eigenvalue weighted by atomic mass is 32.1. The van der Waals surface area contributed by atoms with E-state index in [0.717, 1.165) is 19.6 Å². The van der Waals surface area contributed by atoms with Crippen LogP contribution >= 0.6 is 11.3 Å². The molecule has 1 amide bonds. The lowest BCUT2D eigenvalue weighted by Crippen LogP contribution is -2.57. The van der Waals surface area contributed by atoms with Gasteiger partial charge in [-0.1, -0.05) is 6.08 Å². The molecule has 1 aromatic heterocycles. The largest absolute Gasteiger partial charge is 0.469 e. The van der Waals surface area contributed by atoms with E-state index in [1.54, 1.807) is 17.4 Å². The molecule has 1 atom stereocenters. The third kappa shape index (κ3) is 3.43. The number of ether oxygens (including phenoxy) is 1. The van der Waals surface area contributed by atoms with Gasteiger partial charge in [-0.2, -0.15) is 0 Å². The van der Waals surface area contributed by atoms with E-state index < -0.39 is 11.5 Å². The number of carbonyl (C=O) groups is 2. The molecule has 6 nitrogen and oxygen atoms in total. The van der Waals surface area contributed by atoms with Crippen molar-refractivity contribution in [2.45, 2.75) is 38.3 Å². The molecule has 0 saturated carbocycles.